The van der Waals surface area contributed by atoms with Gasteiger partial charge in [0.2, 0.25) is 0 Å². The lowest BCUT2D eigenvalue weighted by Crippen LogP contribution is -2.68. The van der Waals surface area contributed by atoms with Crippen molar-refractivity contribution in [1.82, 2.24) is 5.16 Å². The van der Waals surface area contributed by atoms with E-state index in [-0.39, 0.29) is 57.2 Å². The standard InChI is InChI=1S/C34H37ClFNO7/c1-15-13-33-16(2)11-20-25(31(20,4)5)19(27(33)38)12-18-14-41-32(6,7)43-29(18)34(33,40)28(15)42-30(39)23-17(3)44-37-26(23)24-21(35)9-8-10-22(24)36/h8-10,12-13,16,19-20,25,28-29,40H,11,14H2,1-7H3/t16-,19+,20-,25+,28+,29-,33+,34-/m1/s1. The summed E-state index contributed by atoms with van der Waals surface area (Å²) >= 11 is 6.32. The fourth-order valence-electron chi connectivity index (χ4n) is 8.97. The molecule has 44 heavy (non-hydrogen) atoms. The number of halogens is 2. The fraction of sp³-hybridized carbons (Fsp3) is 0.559. The van der Waals surface area contributed by atoms with Crippen LogP contribution in [0.15, 0.2) is 46.0 Å². The third kappa shape index (κ3) is 3.76. The minimum atomic E-state index is -1.99. The van der Waals surface area contributed by atoms with E-state index in [1.807, 2.05) is 19.1 Å². The lowest BCUT2D eigenvalue weighted by molar-refractivity contribution is -0.302. The SMILES string of the molecule is CC1=C[C@]23C(=O)[C@@H](C=C4COC(C)(C)O[C@H]4[C@]2(O)[C@H]1OC(=O)c1c(-c2c(F)cccc2Cl)noc1C)[C@H]1[C@@H](C[C@H]3C)C1(C)C. The van der Waals surface area contributed by atoms with Gasteiger partial charge in [-0.1, -0.05) is 55.7 Å². The van der Waals surface area contributed by atoms with Gasteiger partial charge in [-0.2, -0.15) is 0 Å². The summed E-state index contributed by atoms with van der Waals surface area (Å²) in [5, 5.41) is 17.2. The summed E-state index contributed by atoms with van der Waals surface area (Å²) in [6.07, 6.45) is 2.22. The molecule has 5 aliphatic rings. The third-order valence-electron chi connectivity index (χ3n) is 11.2. The number of aromatic nitrogens is 1. The molecule has 0 radical (unpaired) electrons. The maximum Gasteiger partial charge on any atom is 0.344 e. The second-order valence-corrected chi connectivity index (χ2v) is 14.7. The zero-order valence-corrected chi connectivity index (χ0v) is 26.6. The topological polar surface area (TPSA) is 108 Å². The third-order valence-corrected chi connectivity index (χ3v) is 11.5. The minimum Gasteiger partial charge on any atom is -0.451 e. The first-order valence-corrected chi connectivity index (χ1v) is 15.5. The highest BCUT2D eigenvalue weighted by Gasteiger charge is 2.77. The van der Waals surface area contributed by atoms with Crippen molar-refractivity contribution in [2.45, 2.75) is 78.5 Å². The van der Waals surface area contributed by atoms with Crippen LogP contribution < -0.4 is 0 Å². The molecule has 4 aliphatic carbocycles. The number of nitrogens with zero attached hydrogens (tertiary/aromatic N) is 1. The first-order chi connectivity index (χ1) is 20.6. The quantitative estimate of drug-likeness (QED) is 0.316. The number of allylic oxidation sites excluding steroid dienone is 1. The Hall–Kier alpha value is -2.85. The number of aliphatic hydroxyl groups is 1. The Morgan fingerprint density at radius 3 is 2.64 bits per heavy atom. The van der Waals surface area contributed by atoms with Crippen molar-refractivity contribution in [2.24, 2.45) is 34.5 Å². The van der Waals surface area contributed by atoms with Gasteiger partial charge in [0.15, 0.2) is 23.3 Å². The van der Waals surface area contributed by atoms with Crippen molar-refractivity contribution in [3.8, 4) is 11.3 Å². The molecular formula is C34H37ClFNO7. The highest BCUT2D eigenvalue weighted by molar-refractivity contribution is 6.33. The van der Waals surface area contributed by atoms with Gasteiger partial charge < -0.3 is 23.8 Å². The van der Waals surface area contributed by atoms with Gasteiger partial charge in [-0.15, -0.1) is 0 Å². The second-order valence-electron chi connectivity index (χ2n) is 14.3. The van der Waals surface area contributed by atoms with Crippen LogP contribution in [0.1, 0.15) is 64.1 Å². The van der Waals surface area contributed by atoms with Crippen LogP contribution >= 0.6 is 11.6 Å². The van der Waals surface area contributed by atoms with Crippen LogP contribution in [0.3, 0.4) is 0 Å². The number of esters is 1. The number of hydrogen-bond acceptors (Lipinski definition) is 8. The number of Topliss-reactive ketones (excluding diaryl/α,β-unsaturated/α-hetero) is 1. The molecule has 1 aliphatic heterocycles. The fourth-order valence-corrected chi connectivity index (χ4v) is 9.23. The van der Waals surface area contributed by atoms with Crippen molar-refractivity contribution in [1.29, 1.82) is 0 Å². The Labute approximate surface area is 260 Å². The van der Waals surface area contributed by atoms with Crippen LogP contribution in [-0.4, -0.2) is 52.2 Å². The second kappa shape index (κ2) is 9.34. The number of fused-ring (bicyclic) bond motifs is 5. The van der Waals surface area contributed by atoms with Crippen LogP contribution in [0.25, 0.3) is 11.3 Å². The van der Waals surface area contributed by atoms with E-state index < -0.39 is 46.7 Å². The van der Waals surface area contributed by atoms with E-state index >= 15 is 0 Å². The zero-order chi connectivity index (χ0) is 31.7. The van der Waals surface area contributed by atoms with Crippen LogP contribution in [0.5, 0.6) is 0 Å². The molecule has 1 saturated heterocycles. The summed E-state index contributed by atoms with van der Waals surface area (Å²) in [7, 11) is 0. The van der Waals surface area contributed by atoms with Crippen molar-refractivity contribution >= 4 is 23.4 Å². The maximum atomic E-state index is 15.0. The van der Waals surface area contributed by atoms with Crippen LogP contribution in [-0.2, 0) is 19.0 Å². The lowest BCUT2D eigenvalue weighted by Gasteiger charge is -2.52. The Bertz CT molecular complexity index is 1650. The molecule has 3 fully saturated rings. The molecule has 2 bridgehead atoms. The first kappa shape index (κ1) is 29.8. The molecule has 2 heterocycles. The van der Waals surface area contributed by atoms with Gasteiger partial charge in [0, 0.05) is 5.92 Å². The number of carbonyl (C=O) groups is 2. The summed E-state index contributed by atoms with van der Waals surface area (Å²) in [5.41, 5.74) is -2.55. The van der Waals surface area contributed by atoms with E-state index in [1.54, 1.807) is 20.8 Å². The zero-order valence-electron chi connectivity index (χ0n) is 25.9. The molecule has 0 amide bonds. The maximum absolute atomic E-state index is 15.0. The Morgan fingerprint density at radius 1 is 1.20 bits per heavy atom. The molecule has 10 heteroatoms. The van der Waals surface area contributed by atoms with E-state index in [1.165, 1.54) is 25.1 Å². The largest absolute Gasteiger partial charge is 0.451 e. The molecule has 1 N–H and O–H groups in total. The highest BCUT2D eigenvalue weighted by Crippen LogP contribution is 2.72. The number of ether oxygens (including phenoxy) is 3. The molecule has 8 atom stereocenters. The van der Waals surface area contributed by atoms with Crippen LogP contribution in [0.2, 0.25) is 5.02 Å². The van der Waals surface area contributed by atoms with Crippen molar-refractivity contribution in [3.63, 3.8) is 0 Å². The Kier molecular flexibility index (Phi) is 6.34. The molecular weight excluding hydrogens is 589 g/mol. The first-order valence-electron chi connectivity index (χ1n) is 15.2. The van der Waals surface area contributed by atoms with Gasteiger partial charge in [0.1, 0.15) is 28.9 Å². The van der Waals surface area contributed by atoms with E-state index in [2.05, 4.69) is 19.0 Å². The van der Waals surface area contributed by atoms with Crippen molar-refractivity contribution < 1.29 is 37.8 Å². The van der Waals surface area contributed by atoms with E-state index in [0.29, 0.717) is 17.1 Å². The lowest BCUT2D eigenvalue weighted by atomic mass is 9.59. The number of aryl methyl sites for hydroxylation is 1. The minimum absolute atomic E-state index is 0.0275. The van der Waals surface area contributed by atoms with Crippen molar-refractivity contribution in [2.75, 3.05) is 6.61 Å². The normalized spacial score (nSPS) is 37.9. The molecule has 1 aromatic heterocycles. The van der Waals surface area contributed by atoms with Gasteiger partial charge in [0.05, 0.1) is 22.6 Å². The molecule has 2 saturated carbocycles. The van der Waals surface area contributed by atoms with E-state index in [0.717, 1.165) is 6.42 Å². The van der Waals surface area contributed by atoms with Crippen LogP contribution in [0, 0.1) is 47.2 Å². The van der Waals surface area contributed by atoms with Crippen LogP contribution in [0.4, 0.5) is 4.39 Å². The Balaban J connectivity index is 1.37. The van der Waals surface area contributed by atoms with Gasteiger partial charge in [-0.25, -0.2) is 9.18 Å². The molecule has 2 aromatic rings. The average Bonchev–Trinajstić information content (AvgIpc) is 3.19. The van der Waals surface area contributed by atoms with Gasteiger partial charge in [-0.05, 0) is 80.6 Å². The number of hydrogen-bond donors (Lipinski definition) is 1. The number of carbonyl (C=O) groups excluding carboxylic acids is 2. The predicted octanol–water partition coefficient (Wildman–Crippen LogP) is 6.23. The van der Waals surface area contributed by atoms with E-state index in [9.17, 15) is 19.1 Å². The van der Waals surface area contributed by atoms with Gasteiger partial charge >= 0.3 is 5.97 Å². The number of rotatable bonds is 3. The van der Waals surface area contributed by atoms with Crippen molar-refractivity contribution in [3.05, 3.63) is 63.7 Å². The van der Waals surface area contributed by atoms with E-state index in [4.69, 9.17) is 30.3 Å². The molecule has 1 spiro atoms. The predicted molar refractivity (Wildman–Crippen MR) is 158 cm³/mol. The summed E-state index contributed by atoms with van der Waals surface area (Å²) in [6.45, 7) is 13.4. The molecule has 234 valence electrons. The highest BCUT2D eigenvalue weighted by atomic mass is 35.5. The Morgan fingerprint density at radius 2 is 1.93 bits per heavy atom. The molecule has 8 nitrogen and oxygen atoms in total. The van der Waals surface area contributed by atoms with Gasteiger partial charge in [-0.3, -0.25) is 4.79 Å². The number of ketones is 1. The van der Waals surface area contributed by atoms with Gasteiger partial charge in [0.25, 0.3) is 0 Å². The molecule has 1 aromatic carbocycles. The number of benzene rings is 1. The summed E-state index contributed by atoms with van der Waals surface area (Å²) in [4.78, 5) is 29.0. The molecule has 7 rings (SSSR count). The summed E-state index contributed by atoms with van der Waals surface area (Å²) in [6, 6.07) is 4.14. The molecule has 0 unspecified atom stereocenters. The average molecular weight is 626 g/mol. The smallest absolute Gasteiger partial charge is 0.344 e. The summed E-state index contributed by atoms with van der Waals surface area (Å²) in [5.74, 6) is -2.97. The monoisotopic (exact) mass is 625 g/mol. The summed E-state index contributed by atoms with van der Waals surface area (Å²) < 4.78 is 39.0.